The van der Waals surface area contributed by atoms with E-state index < -0.39 is 11.9 Å². The average Bonchev–Trinajstić information content (AvgIpc) is 2.60. The lowest BCUT2D eigenvalue weighted by atomic mass is 10.3. The topological polar surface area (TPSA) is 143 Å². The van der Waals surface area contributed by atoms with Crippen molar-refractivity contribution in [1.82, 2.24) is 15.3 Å². The van der Waals surface area contributed by atoms with E-state index in [1.165, 1.54) is 13.3 Å². The van der Waals surface area contributed by atoms with Gasteiger partial charge in [0.15, 0.2) is 5.16 Å². The minimum absolute atomic E-state index is 0.0395. The number of amides is 3. The first-order chi connectivity index (χ1) is 12.0. The zero-order chi connectivity index (χ0) is 18.2. The van der Waals surface area contributed by atoms with Crippen LogP contribution in [-0.2, 0) is 4.79 Å². The van der Waals surface area contributed by atoms with Crippen molar-refractivity contribution in [2.75, 3.05) is 23.9 Å². The SMILES string of the molecule is COc1ccc(NC(=O)NC(=O)CSc2ncc(C#N)c(N)n2)cc1. The summed E-state index contributed by atoms with van der Waals surface area (Å²) in [5.74, 6) is 0.0850. The molecule has 9 nitrogen and oxygen atoms in total. The summed E-state index contributed by atoms with van der Waals surface area (Å²) in [5, 5.41) is 13.7. The molecule has 0 radical (unpaired) electrons. The van der Waals surface area contributed by atoms with Crippen molar-refractivity contribution in [1.29, 1.82) is 5.26 Å². The fraction of sp³-hybridized carbons (Fsp3) is 0.133. The number of nitrogens with two attached hydrogens (primary N) is 1. The molecule has 0 fully saturated rings. The van der Waals surface area contributed by atoms with Gasteiger partial charge in [-0.3, -0.25) is 10.1 Å². The van der Waals surface area contributed by atoms with Gasteiger partial charge < -0.3 is 15.8 Å². The molecule has 1 aromatic heterocycles. The number of hydrogen-bond donors (Lipinski definition) is 3. The minimum Gasteiger partial charge on any atom is -0.497 e. The molecule has 128 valence electrons. The molecule has 3 amide bonds. The molecule has 2 rings (SSSR count). The third kappa shape index (κ3) is 5.36. The van der Waals surface area contributed by atoms with Crippen molar-refractivity contribution < 1.29 is 14.3 Å². The summed E-state index contributed by atoms with van der Waals surface area (Å²) >= 11 is 0.995. The fourth-order valence-electron chi connectivity index (χ4n) is 1.66. The first-order valence-electron chi connectivity index (χ1n) is 6.92. The summed E-state index contributed by atoms with van der Waals surface area (Å²) in [6, 6.07) is 7.84. The number of anilines is 2. The summed E-state index contributed by atoms with van der Waals surface area (Å²) in [6.07, 6.45) is 1.28. The number of rotatable bonds is 5. The first kappa shape index (κ1) is 18.0. The number of thioether (sulfide) groups is 1. The quantitative estimate of drug-likeness (QED) is 0.537. The van der Waals surface area contributed by atoms with Crippen LogP contribution in [-0.4, -0.2) is 34.8 Å². The molecule has 0 saturated heterocycles. The molecule has 0 unspecified atom stereocenters. The highest BCUT2D eigenvalue weighted by Gasteiger charge is 2.11. The molecule has 4 N–H and O–H groups in total. The predicted molar refractivity (Wildman–Crippen MR) is 92.0 cm³/mol. The molecule has 0 aliphatic heterocycles. The second-order valence-electron chi connectivity index (χ2n) is 4.58. The van der Waals surface area contributed by atoms with Gasteiger partial charge in [-0.1, -0.05) is 11.8 Å². The molecule has 1 heterocycles. The third-order valence-electron chi connectivity index (χ3n) is 2.85. The van der Waals surface area contributed by atoms with Crippen LogP contribution < -0.4 is 21.1 Å². The van der Waals surface area contributed by atoms with Gasteiger partial charge in [0.1, 0.15) is 23.2 Å². The van der Waals surface area contributed by atoms with E-state index in [4.69, 9.17) is 15.7 Å². The standard InChI is InChI=1S/C15H14N6O3S/c1-24-11-4-2-10(3-5-11)19-14(23)20-12(22)8-25-15-18-7-9(6-16)13(17)21-15/h2-5,7H,8H2,1H3,(H2,17,18,21)(H2,19,20,22,23). The predicted octanol–water partition coefficient (Wildman–Crippen LogP) is 1.38. The van der Waals surface area contributed by atoms with Crippen molar-refractivity contribution in [3.8, 4) is 11.8 Å². The summed E-state index contributed by atoms with van der Waals surface area (Å²) in [4.78, 5) is 31.3. The van der Waals surface area contributed by atoms with Gasteiger partial charge in [0.25, 0.3) is 0 Å². The number of nitrogens with zero attached hydrogens (tertiary/aromatic N) is 3. The normalized spacial score (nSPS) is 9.76. The maximum atomic E-state index is 11.8. The summed E-state index contributed by atoms with van der Waals surface area (Å²) in [7, 11) is 1.54. The number of nitrogens with one attached hydrogen (secondary N) is 2. The Hall–Kier alpha value is -3.32. The van der Waals surface area contributed by atoms with Crippen LogP contribution in [0.5, 0.6) is 5.75 Å². The molecular formula is C15H14N6O3S. The summed E-state index contributed by atoms with van der Waals surface area (Å²) < 4.78 is 5.01. The number of hydrogen-bond acceptors (Lipinski definition) is 8. The Morgan fingerprint density at radius 3 is 2.68 bits per heavy atom. The fourth-order valence-corrected chi connectivity index (χ4v) is 2.29. The number of ether oxygens (including phenoxy) is 1. The first-order valence-corrected chi connectivity index (χ1v) is 7.90. The number of urea groups is 1. The van der Waals surface area contributed by atoms with Gasteiger partial charge >= 0.3 is 6.03 Å². The second-order valence-corrected chi connectivity index (χ2v) is 5.53. The molecule has 0 bridgehead atoms. The number of benzene rings is 1. The Bertz CT molecular complexity index is 819. The second kappa shape index (κ2) is 8.51. The lowest BCUT2D eigenvalue weighted by Gasteiger charge is -2.07. The molecule has 10 heteroatoms. The maximum absolute atomic E-state index is 11.8. The van der Waals surface area contributed by atoms with Crippen LogP contribution in [0.25, 0.3) is 0 Å². The van der Waals surface area contributed by atoms with Crippen LogP contribution in [0, 0.1) is 11.3 Å². The van der Waals surface area contributed by atoms with Gasteiger partial charge in [-0.05, 0) is 24.3 Å². The minimum atomic E-state index is -0.656. The van der Waals surface area contributed by atoms with Crippen LogP contribution in [0.4, 0.5) is 16.3 Å². The monoisotopic (exact) mass is 358 g/mol. The van der Waals surface area contributed by atoms with Crippen molar-refractivity contribution in [2.24, 2.45) is 0 Å². The number of carbonyl (C=O) groups excluding carboxylic acids is 2. The van der Waals surface area contributed by atoms with E-state index in [1.54, 1.807) is 24.3 Å². The van der Waals surface area contributed by atoms with Crippen molar-refractivity contribution in [3.05, 3.63) is 36.0 Å². The van der Waals surface area contributed by atoms with Gasteiger partial charge in [0.2, 0.25) is 5.91 Å². The van der Waals surface area contributed by atoms with E-state index in [9.17, 15) is 9.59 Å². The Kier molecular flexibility index (Phi) is 6.14. The van der Waals surface area contributed by atoms with E-state index in [0.29, 0.717) is 11.4 Å². The molecule has 25 heavy (non-hydrogen) atoms. The van der Waals surface area contributed by atoms with Crippen LogP contribution in [0.2, 0.25) is 0 Å². The average molecular weight is 358 g/mol. The zero-order valence-corrected chi connectivity index (χ0v) is 14.0. The third-order valence-corrected chi connectivity index (χ3v) is 3.71. The van der Waals surface area contributed by atoms with Crippen LogP contribution in [0.3, 0.4) is 0 Å². The maximum Gasteiger partial charge on any atom is 0.325 e. The molecule has 0 saturated carbocycles. The number of imide groups is 1. The number of nitriles is 1. The van der Waals surface area contributed by atoms with E-state index >= 15 is 0 Å². The molecule has 0 atom stereocenters. The van der Waals surface area contributed by atoms with Crippen LogP contribution in [0.1, 0.15) is 5.56 Å². The number of carbonyl (C=O) groups is 2. The lowest BCUT2D eigenvalue weighted by Crippen LogP contribution is -2.35. The number of methoxy groups -OCH3 is 1. The van der Waals surface area contributed by atoms with Crippen LogP contribution in [0.15, 0.2) is 35.6 Å². The van der Waals surface area contributed by atoms with Gasteiger partial charge in [-0.2, -0.15) is 5.26 Å². The van der Waals surface area contributed by atoms with Crippen molar-refractivity contribution in [3.63, 3.8) is 0 Å². The zero-order valence-electron chi connectivity index (χ0n) is 13.1. The lowest BCUT2D eigenvalue weighted by molar-refractivity contribution is -0.117. The highest BCUT2D eigenvalue weighted by Crippen LogP contribution is 2.16. The molecule has 1 aromatic carbocycles. The molecule has 0 spiro atoms. The molecule has 0 aliphatic carbocycles. The molecule has 0 aliphatic rings. The summed E-state index contributed by atoms with van der Waals surface area (Å²) in [6.45, 7) is 0. The van der Waals surface area contributed by atoms with Gasteiger partial charge in [-0.15, -0.1) is 0 Å². The number of aromatic nitrogens is 2. The molecular weight excluding hydrogens is 344 g/mol. The number of nitrogen functional groups attached to an aromatic ring is 1. The van der Waals surface area contributed by atoms with E-state index in [0.717, 1.165) is 11.8 Å². The van der Waals surface area contributed by atoms with E-state index in [2.05, 4.69) is 20.6 Å². The highest BCUT2D eigenvalue weighted by molar-refractivity contribution is 7.99. The summed E-state index contributed by atoms with van der Waals surface area (Å²) in [5.41, 5.74) is 6.24. The van der Waals surface area contributed by atoms with Crippen LogP contribution >= 0.6 is 11.8 Å². The van der Waals surface area contributed by atoms with E-state index in [-0.39, 0.29) is 22.3 Å². The Morgan fingerprint density at radius 2 is 2.08 bits per heavy atom. The smallest absolute Gasteiger partial charge is 0.325 e. The molecule has 2 aromatic rings. The Balaban J connectivity index is 1.82. The van der Waals surface area contributed by atoms with Gasteiger partial charge in [0, 0.05) is 5.69 Å². The van der Waals surface area contributed by atoms with Gasteiger partial charge in [-0.25, -0.2) is 14.8 Å². The van der Waals surface area contributed by atoms with Crippen molar-refractivity contribution in [2.45, 2.75) is 5.16 Å². The Labute approximate surface area is 147 Å². The van der Waals surface area contributed by atoms with E-state index in [1.807, 2.05) is 6.07 Å². The van der Waals surface area contributed by atoms with Crippen molar-refractivity contribution >= 4 is 35.2 Å². The Morgan fingerprint density at radius 1 is 1.36 bits per heavy atom. The largest absolute Gasteiger partial charge is 0.497 e. The van der Waals surface area contributed by atoms with Gasteiger partial charge in [0.05, 0.1) is 19.1 Å². The highest BCUT2D eigenvalue weighted by atomic mass is 32.2.